The van der Waals surface area contributed by atoms with Crippen molar-refractivity contribution >= 4 is 28.5 Å². The van der Waals surface area contributed by atoms with Gasteiger partial charge >= 0.3 is 11.6 Å². The molecule has 21 heavy (non-hydrogen) atoms. The quantitative estimate of drug-likeness (QED) is 0.535. The zero-order valence-corrected chi connectivity index (χ0v) is 11.5. The van der Waals surface area contributed by atoms with Crippen LogP contribution in [-0.2, 0) is 0 Å². The monoisotopic (exact) mass is 300 g/mol. The van der Waals surface area contributed by atoms with E-state index in [-0.39, 0.29) is 5.75 Å². The second-order valence-corrected chi connectivity index (χ2v) is 4.76. The smallest absolute Gasteiger partial charge is 0.343 e. The van der Waals surface area contributed by atoms with E-state index in [1.54, 1.807) is 42.5 Å². The van der Waals surface area contributed by atoms with Crippen LogP contribution in [0.1, 0.15) is 10.4 Å². The van der Waals surface area contributed by atoms with Gasteiger partial charge in [-0.3, -0.25) is 0 Å². The van der Waals surface area contributed by atoms with E-state index in [2.05, 4.69) is 0 Å². The summed E-state index contributed by atoms with van der Waals surface area (Å²) < 4.78 is 10.3. The average Bonchev–Trinajstić information content (AvgIpc) is 2.47. The first-order valence-corrected chi connectivity index (χ1v) is 6.52. The van der Waals surface area contributed by atoms with Crippen LogP contribution < -0.4 is 10.4 Å². The molecule has 0 unspecified atom stereocenters. The Balaban J connectivity index is 2.02. The number of esters is 1. The van der Waals surface area contributed by atoms with Crippen molar-refractivity contribution in [3.63, 3.8) is 0 Å². The lowest BCUT2D eigenvalue weighted by Gasteiger charge is -2.06. The highest BCUT2D eigenvalue weighted by Crippen LogP contribution is 2.24. The molecule has 0 aliphatic rings. The molecule has 0 saturated carbocycles. The molecule has 0 fully saturated rings. The lowest BCUT2D eigenvalue weighted by molar-refractivity contribution is 0.0736. The number of fused-ring (bicyclic) bond motifs is 1. The van der Waals surface area contributed by atoms with E-state index in [0.29, 0.717) is 21.6 Å². The molecule has 1 aromatic heterocycles. The molecule has 0 amide bonds. The van der Waals surface area contributed by atoms with Gasteiger partial charge in [-0.25, -0.2) is 9.59 Å². The molecule has 3 aromatic rings. The maximum Gasteiger partial charge on any atom is 0.343 e. The van der Waals surface area contributed by atoms with Gasteiger partial charge in [0.05, 0.1) is 17.0 Å². The standard InChI is InChI=1S/C16H9ClO4/c17-11-5-3-4-10(8-11)16(19)21-14-9-15(18)20-13-7-2-1-6-12(13)14/h1-9H. The summed E-state index contributed by atoms with van der Waals surface area (Å²) in [5, 5.41) is 0.981. The molecule has 0 bridgehead atoms. The minimum atomic E-state index is -0.590. The molecule has 3 rings (SSSR count). The van der Waals surface area contributed by atoms with Gasteiger partial charge in [-0.2, -0.15) is 0 Å². The number of carbonyl (C=O) groups is 1. The Morgan fingerprint density at radius 2 is 1.86 bits per heavy atom. The van der Waals surface area contributed by atoms with Crippen molar-refractivity contribution in [1.82, 2.24) is 0 Å². The lowest BCUT2D eigenvalue weighted by Crippen LogP contribution is -2.10. The van der Waals surface area contributed by atoms with Crippen LogP contribution in [0.4, 0.5) is 0 Å². The number of carbonyl (C=O) groups excluding carboxylic acids is 1. The fraction of sp³-hybridized carbons (Fsp3) is 0. The molecule has 0 N–H and O–H groups in total. The molecule has 104 valence electrons. The Bertz CT molecular complexity index is 883. The third-order valence-electron chi connectivity index (χ3n) is 2.87. The molecule has 0 aliphatic carbocycles. The number of rotatable bonds is 2. The second kappa shape index (κ2) is 5.42. The van der Waals surface area contributed by atoms with E-state index in [1.807, 2.05) is 0 Å². The van der Waals surface area contributed by atoms with Crippen LogP contribution in [0, 0.1) is 0 Å². The summed E-state index contributed by atoms with van der Waals surface area (Å²) in [5.74, 6) is -0.430. The molecule has 5 heteroatoms. The largest absolute Gasteiger partial charge is 0.422 e. The summed E-state index contributed by atoms with van der Waals surface area (Å²) >= 11 is 5.84. The summed E-state index contributed by atoms with van der Waals surface area (Å²) in [6, 6.07) is 14.4. The fourth-order valence-electron chi connectivity index (χ4n) is 1.94. The molecule has 0 radical (unpaired) electrons. The van der Waals surface area contributed by atoms with Gasteiger partial charge in [0.2, 0.25) is 0 Å². The first-order valence-electron chi connectivity index (χ1n) is 6.14. The zero-order chi connectivity index (χ0) is 14.8. The van der Waals surface area contributed by atoms with Crippen molar-refractivity contribution in [2.45, 2.75) is 0 Å². The minimum Gasteiger partial charge on any atom is -0.422 e. The highest BCUT2D eigenvalue weighted by molar-refractivity contribution is 6.30. The van der Waals surface area contributed by atoms with Crippen LogP contribution in [0.15, 0.2) is 63.8 Å². The molecule has 0 spiro atoms. The Hall–Kier alpha value is -2.59. The average molecular weight is 301 g/mol. The van der Waals surface area contributed by atoms with Gasteiger partial charge in [0.1, 0.15) is 11.3 Å². The number of hydrogen-bond acceptors (Lipinski definition) is 4. The highest BCUT2D eigenvalue weighted by Gasteiger charge is 2.13. The molecular formula is C16H9ClO4. The lowest BCUT2D eigenvalue weighted by atomic mass is 10.2. The van der Waals surface area contributed by atoms with E-state index in [0.717, 1.165) is 6.07 Å². The van der Waals surface area contributed by atoms with E-state index < -0.39 is 11.6 Å². The van der Waals surface area contributed by atoms with Crippen LogP contribution in [0.3, 0.4) is 0 Å². The number of halogens is 1. The van der Waals surface area contributed by atoms with Crippen LogP contribution in [-0.4, -0.2) is 5.97 Å². The van der Waals surface area contributed by atoms with Crippen LogP contribution in [0.2, 0.25) is 5.02 Å². The predicted octanol–water partition coefficient (Wildman–Crippen LogP) is 3.67. The van der Waals surface area contributed by atoms with Crippen LogP contribution in [0.25, 0.3) is 11.0 Å². The van der Waals surface area contributed by atoms with Gasteiger partial charge in [0, 0.05) is 5.02 Å². The van der Waals surface area contributed by atoms with Gasteiger partial charge in [-0.15, -0.1) is 0 Å². The molecule has 1 heterocycles. The van der Waals surface area contributed by atoms with Crippen LogP contribution in [0.5, 0.6) is 5.75 Å². The molecular weight excluding hydrogens is 292 g/mol. The summed E-state index contributed by atoms with van der Waals surface area (Å²) in [6.45, 7) is 0. The maximum absolute atomic E-state index is 12.1. The van der Waals surface area contributed by atoms with E-state index >= 15 is 0 Å². The Morgan fingerprint density at radius 3 is 2.67 bits per heavy atom. The molecule has 0 atom stereocenters. The van der Waals surface area contributed by atoms with Crippen molar-refractivity contribution in [3.05, 3.63) is 75.6 Å². The Labute approximate surface area is 124 Å². The number of para-hydroxylation sites is 1. The van der Waals surface area contributed by atoms with E-state index in [4.69, 9.17) is 20.8 Å². The Kier molecular flexibility index (Phi) is 3.46. The fourth-order valence-corrected chi connectivity index (χ4v) is 2.13. The van der Waals surface area contributed by atoms with Gasteiger partial charge in [0.25, 0.3) is 0 Å². The van der Waals surface area contributed by atoms with Crippen molar-refractivity contribution in [2.75, 3.05) is 0 Å². The van der Waals surface area contributed by atoms with E-state index in [1.165, 1.54) is 6.07 Å². The first kappa shape index (κ1) is 13.4. The van der Waals surface area contributed by atoms with E-state index in [9.17, 15) is 9.59 Å². The minimum absolute atomic E-state index is 0.159. The third-order valence-corrected chi connectivity index (χ3v) is 3.11. The van der Waals surface area contributed by atoms with Crippen molar-refractivity contribution < 1.29 is 13.9 Å². The molecule has 0 saturated heterocycles. The number of hydrogen-bond donors (Lipinski definition) is 0. The number of benzene rings is 2. The highest BCUT2D eigenvalue weighted by atomic mass is 35.5. The third kappa shape index (κ3) is 2.80. The van der Waals surface area contributed by atoms with Crippen molar-refractivity contribution in [1.29, 1.82) is 0 Å². The maximum atomic E-state index is 12.1. The zero-order valence-electron chi connectivity index (χ0n) is 10.7. The number of ether oxygens (including phenoxy) is 1. The van der Waals surface area contributed by atoms with Crippen molar-refractivity contribution in [3.8, 4) is 5.75 Å². The van der Waals surface area contributed by atoms with Gasteiger partial charge in [-0.05, 0) is 30.3 Å². The first-order chi connectivity index (χ1) is 10.1. The van der Waals surface area contributed by atoms with Crippen molar-refractivity contribution in [2.24, 2.45) is 0 Å². The summed E-state index contributed by atoms with van der Waals surface area (Å²) in [4.78, 5) is 23.6. The second-order valence-electron chi connectivity index (χ2n) is 4.33. The van der Waals surface area contributed by atoms with Crippen LogP contribution >= 0.6 is 11.6 Å². The van der Waals surface area contributed by atoms with Gasteiger partial charge in [-0.1, -0.05) is 29.8 Å². The summed E-state index contributed by atoms with van der Waals surface area (Å²) in [6.07, 6.45) is 0. The molecule has 4 nitrogen and oxygen atoms in total. The summed E-state index contributed by atoms with van der Waals surface area (Å²) in [7, 11) is 0. The summed E-state index contributed by atoms with van der Waals surface area (Å²) in [5.41, 5.74) is 0.0845. The normalized spacial score (nSPS) is 10.5. The SMILES string of the molecule is O=C(Oc1cc(=O)oc2ccccc12)c1cccc(Cl)c1. The topological polar surface area (TPSA) is 56.5 Å². The molecule has 2 aromatic carbocycles. The molecule has 0 aliphatic heterocycles. The van der Waals surface area contributed by atoms with Gasteiger partial charge in [0.15, 0.2) is 0 Å². The predicted molar refractivity (Wildman–Crippen MR) is 78.9 cm³/mol. The van der Waals surface area contributed by atoms with Gasteiger partial charge < -0.3 is 9.15 Å². The Morgan fingerprint density at radius 1 is 1.05 bits per heavy atom.